The minimum absolute atomic E-state index is 0.0479. The maximum Gasteiger partial charge on any atom is 0.416 e. The molecule has 0 bridgehead atoms. The molecular weight excluding hydrogens is 500 g/mol. The molecule has 0 radical (unpaired) electrons. The van der Waals surface area contributed by atoms with Crippen LogP contribution in [0.1, 0.15) is 15.9 Å². The van der Waals surface area contributed by atoms with E-state index in [0.29, 0.717) is 11.4 Å². The molecule has 194 valence electrons. The highest BCUT2D eigenvalue weighted by molar-refractivity contribution is 5.99. The third-order valence-electron chi connectivity index (χ3n) is 5.56. The molecule has 1 N–H and O–H groups in total. The third-order valence-corrected chi connectivity index (χ3v) is 5.56. The number of imidazole rings is 1. The number of rotatable bonds is 8. The van der Waals surface area contributed by atoms with Gasteiger partial charge in [-0.1, -0.05) is 36.4 Å². The number of hydrogen-bond donors (Lipinski definition) is 1. The Labute approximate surface area is 215 Å². The molecule has 0 unspecified atom stereocenters. The molecule has 4 rings (SSSR count). The average molecular weight is 523 g/mol. The Hall–Kier alpha value is -4.73. The van der Waals surface area contributed by atoms with Gasteiger partial charge < -0.3 is 4.90 Å². The van der Waals surface area contributed by atoms with Crippen LogP contribution in [0.2, 0.25) is 0 Å². The summed E-state index contributed by atoms with van der Waals surface area (Å²) in [5.74, 6) is -1.54. The lowest BCUT2D eigenvalue weighted by Gasteiger charge is -2.20. The van der Waals surface area contributed by atoms with E-state index < -0.39 is 29.4 Å². The van der Waals surface area contributed by atoms with Crippen LogP contribution in [-0.4, -0.2) is 39.4 Å². The van der Waals surface area contributed by atoms with Gasteiger partial charge in [-0.05, 0) is 48.5 Å². The summed E-state index contributed by atoms with van der Waals surface area (Å²) in [6, 6.07) is 18.4. The lowest BCUT2D eigenvalue weighted by molar-refractivity contribution is -0.137. The quantitative estimate of drug-likeness (QED) is 0.229. The Kier molecular flexibility index (Phi) is 7.71. The van der Waals surface area contributed by atoms with Crippen LogP contribution >= 0.6 is 0 Å². The van der Waals surface area contributed by atoms with Gasteiger partial charge in [0.05, 0.1) is 11.3 Å². The van der Waals surface area contributed by atoms with Gasteiger partial charge in [-0.25, -0.2) is 9.37 Å². The van der Waals surface area contributed by atoms with Crippen molar-refractivity contribution in [1.82, 2.24) is 14.5 Å². The van der Waals surface area contributed by atoms with E-state index in [1.54, 1.807) is 30.5 Å². The molecule has 0 atom stereocenters. The SMILES string of the molecule is C=CCN(CC(=O)Nc1nc(-c2ccccc2)cn1-c1ccc(C(F)(F)F)cc1)C(=O)c1ccc(F)cc1. The number of nitrogens with one attached hydrogen (secondary N) is 1. The van der Waals surface area contributed by atoms with Gasteiger partial charge in [0, 0.05) is 29.6 Å². The Morgan fingerprint density at radius 2 is 1.63 bits per heavy atom. The topological polar surface area (TPSA) is 67.2 Å². The number of aromatic nitrogens is 2. The van der Waals surface area contributed by atoms with Crippen LogP contribution < -0.4 is 5.32 Å². The summed E-state index contributed by atoms with van der Waals surface area (Å²) in [7, 11) is 0. The normalized spacial score (nSPS) is 11.2. The summed E-state index contributed by atoms with van der Waals surface area (Å²) in [6.45, 7) is 3.29. The largest absolute Gasteiger partial charge is 0.416 e. The van der Waals surface area contributed by atoms with Gasteiger partial charge in [0.1, 0.15) is 12.4 Å². The molecule has 0 saturated carbocycles. The zero-order valence-electron chi connectivity index (χ0n) is 20.0. The lowest BCUT2D eigenvalue weighted by Crippen LogP contribution is -2.38. The van der Waals surface area contributed by atoms with Gasteiger partial charge >= 0.3 is 6.18 Å². The van der Waals surface area contributed by atoms with E-state index in [2.05, 4.69) is 16.9 Å². The van der Waals surface area contributed by atoms with E-state index in [1.807, 2.05) is 6.07 Å². The monoisotopic (exact) mass is 522 g/mol. The first kappa shape index (κ1) is 26.3. The summed E-state index contributed by atoms with van der Waals surface area (Å²) in [4.78, 5) is 31.6. The van der Waals surface area contributed by atoms with Crippen molar-refractivity contribution >= 4 is 17.8 Å². The van der Waals surface area contributed by atoms with Crippen LogP contribution in [0.25, 0.3) is 16.9 Å². The van der Waals surface area contributed by atoms with Crippen molar-refractivity contribution in [1.29, 1.82) is 0 Å². The summed E-state index contributed by atoms with van der Waals surface area (Å²) in [5.41, 5.74) is 0.932. The fraction of sp³-hybridized carbons (Fsp3) is 0.107. The van der Waals surface area contributed by atoms with E-state index in [4.69, 9.17) is 0 Å². The van der Waals surface area contributed by atoms with Crippen molar-refractivity contribution < 1.29 is 27.2 Å². The highest BCUT2D eigenvalue weighted by Crippen LogP contribution is 2.31. The van der Waals surface area contributed by atoms with Crippen LogP contribution in [-0.2, 0) is 11.0 Å². The van der Waals surface area contributed by atoms with Gasteiger partial charge in [-0.3, -0.25) is 19.5 Å². The number of hydrogen-bond acceptors (Lipinski definition) is 3. The number of alkyl halides is 3. The maximum atomic E-state index is 13.3. The maximum absolute atomic E-state index is 13.3. The van der Waals surface area contributed by atoms with E-state index in [-0.39, 0.29) is 24.6 Å². The first-order chi connectivity index (χ1) is 18.2. The van der Waals surface area contributed by atoms with Crippen LogP contribution in [0.15, 0.2) is 97.7 Å². The molecule has 38 heavy (non-hydrogen) atoms. The van der Waals surface area contributed by atoms with Gasteiger partial charge in [0.25, 0.3) is 5.91 Å². The molecule has 1 aromatic heterocycles. The zero-order chi connectivity index (χ0) is 27.3. The Morgan fingerprint density at radius 3 is 2.24 bits per heavy atom. The molecular formula is C28H22F4N4O2. The first-order valence-corrected chi connectivity index (χ1v) is 11.4. The molecule has 0 aliphatic rings. The van der Waals surface area contributed by atoms with Crippen molar-refractivity contribution in [3.63, 3.8) is 0 Å². The number of amides is 2. The zero-order valence-corrected chi connectivity index (χ0v) is 20.0. The number of nitrogens with zero attached hydrogens (tertiary/aromatic N) is 3. The summed E-state index contributed by atoms with van der Waals surface area (Å²) in [6.07, 6.45) is -1.45. The number of benzene rings is 3. The fourth-order valence-corrected chi connectivity index (χ4v) is 3.71. The molecule has 0 saturated heterocycles. The smallest absolute Gasteiger partial charge is 0.326 e. The van der Waals surface area contributed by atoms with Crippen molar-refractivity contribution in [2.45, 2.75) is 6.18 Å². The Morgan fingerprint density at radius 1 is 0.974 bits per heavy atom. The number of halogens is 4. The fourth-order valence-electron chi connectivity index (χ4n) is 3.71. The van der Waals surface area contributed by atoms with Gasteiger partial charge in [-0.15, -0.1) is 6.58 Å². The standard InChI is InChI=1S/C28H22F4N4O2/c1-2-16-35(26(38)20-8-12-22(29)13-9-20)18-25(37)34-27-33-24(19-6-4-3-5-7-19)17-36(27)23-14-10-21(11-15-23)28(30,31)32/h2-15,17H,1,16,18H2,(H,33,34,37). The lowest BCUT2D eigenvalue weighted by atomic mass is 10.2. The minimum Gasteiger partial charge on any atom is -0.326 e. The van der Waals surface area contributed by atoms with Crippen LogP contribution in [0.3, 0.4) is 0 Å². The second-order valence-corrected chi connectivity index (χ2v) is 8.26. The summed E-state index contributed by atoms with van der Waals surface area (Å²) >= 11 is 0. The van der Waals surface area contributed by atoms with Crippen molar-refractivity contribution in [3.8, 4) is 16.9 Å². The minimum atomic E-state index is -4.49. The van der Waals surface area contributed by atoms with Gasteiger partial charge in [-0.2, -0.15) is 13.2 Å². The van der Waals surface area contributed by atoms with E-state index in [1.165, 1.54) is 39.8 Å². The van der Waals surface area contributed by atoms with E-state index in [0.717, 1.165) is 29.8 Å². The summed E-state index contributed by atoms with van der Waals surface area (Å²) in [5, 5.41) is 2.65. The van der Waals surface area contributed by atoms with Crippen LogP contribution in [0.5, 0.6) is 0 Å². The van der Waals surface area contributed by atoms with Gasteiger partial charge in [0.2, 0.25) is 11.9 Å². The molecule has 1 heterocycles. The van der Waals surface area contributed by atoms with E-state index in [9.17, 15) is 27.2 Å². The molecule has 0 aliphatic heterocycles. The molecule has 10 heteroatoms. The Balaban J connectivity index is 1.62. The van der Waals surface area contributed by atoms with Gasteiger partial charge in [0.15, 0.2) is 0 Å². The molecule has 0 spiro atoms. The Bertz CT molecular complexity index is 1430. The highest BCUT2D eigenvalue weighted by atomic mass is 19.4. The second-order valence-electron chi connectivity index (χ2n) is 8.26. The van der Waals surface area contributed by atoms with Crippen molar-refractivity contribution in [2.75, 3.05) is 18.4 Å². The molecule has 0 aliphatic carbocycles. The highest BCUT2D eigenvalue weighted by Gasteiger charge is 2.30. The number of carbonyl (C=O) groups excluding carboxylic acids is 2. The molecule has 6 nitrogen and oxygen atoms in total. The number of carbonyl (C=O) groups is 2. The van der Waals surface area contributed by atoms with Crippen molar-refractivity contribution in [3.05, 3.63) is 115 Å². The molecule has 3 aromatic carbocycles. The third kappa shape index (κ3) is 6.15. The molecule has 0 fully saturated rings. The molecule has 2 amide bonds. The average Bonchev–Trinajstić information content (AvgIpc) is 3.32. The molecule has 4 aromatic rings. The van der Waals surface area contributed by atoms with Crippen molar-refractivity contribution in [2.24, 2.45) is 0 Å². The second kappa shape index (κ2) is 11.1. The first-order valence-electron chi connectivity index (χ1n) is 11.4. The van der Waals surface area contributed by atoms with E-state index >= 15 is 0 Å². The van der Waals surface area contributed by atoms with Crippen LogP contribution in [0.4, 0.5) is 23.5 Å². The predicted molar refractivity (Wildman–Crippen MR) is 135 cm³/mol. The predicted octanol–water partition coefficient (Wildman–Crippen LogP) is 5.96. The van der Waals surface area contributed by atoms with Crippen LogP contribution in [0, 0.1) is 5.82 Å². The summed E-state index contributed by atoms with van der Waals surface area (Å²) < 4.78 is 53.9. The number of anilines is 1.